The van der Waals surface area contributed by atoms with Gasteiger partial charge < -0.3 is 4.74 Å². The number of ether oxygens (including phenoxy) is 1. The van der Waals surface area contributed by atoms with Crippen molar-refractivity contribution in [2.75, 3.05) is 12.9 Å². The summed E-state index contributed by atoms with van der Waals surface area (Å²) in [6, 6.07) is 2.16. The molecule has 0 saturated heterocycles. The summed E-state index contributed by atoms with van der Waals surface area (Å²) in [7, 11) is 0. The highest BCUT2D eigenvalue weighted by Crippen LogP contribution is 2.31. The van der Waals surface area contributed by atoms with Crippen molar-refractivity contribution >= 4 is 11.8 Å². The number of hydrogen-bond acceptors (Lipinski definition) is 2. The molecule has 0 unspecified atom stereocenters. The Kier molecular flexibility index (Phi) is 6.34. The summed E-state index contributed by atoms with van der Waals surface area (Å²) < 4.78 is 31.9. The Labute approximate surface area is 106 Å². The van der Waals surface area contributed by atoms with E-state index in [9.17, 15) is 8.78 Å². The zero-order chi connectivity index (χ0) is 12.7. The van der Waals surface area contributed by atoms with Crippen molar-refractivity contribution in [3.8, 4) is 5.75 Å². The van der Waals surface area contributed by atoms with E-state index in [1.165, 1.54) is 17.8 Å². The average molecular weight is 260 g/mol. The van der Waals surface area contributed by atoms with Crippen molar-refractivity contribution in [3.63, 3.8) is 0 Å². The normalized spacial score (nSPS) is 10.6. The van der Waals surface area contributed by atoms with Gasteiger partial charge in [-0.3, -0.25) is 0 Å². The van der Waals surface area contributed by atoms with Gasteiger partial charge in [-0.15, -0.1) is 11.8 Å². The van der Waals surface area contributed by atoms with Gasteiger partial charge in [0.2, 0.25) is 0 Å². The molecule has 0 saturated carbocycles. The first-order valence-corrected chi connectivity index (χ1v) is 7.07. The number of unbranched alkanes of at least 4 members (excludes halogenated alkanes) is 3. The van der Waals surface area contributed by atoms with Crippen molar-refractivity contribution in [1.82, 2.24) is 0 Å². The highest BCUT2D eigenvalue weighted by Gasteiger charge is 2.11. The summed E-state index contributed by atoms with van der Waals surface area (Å²) >= 11 is 1.29. The van der Waals surface area contributed by atoms with E-state index in [-0.39, 0.29) is 5.75 Å². The number of hydrogen-bond donors (Lipinski definition) is 0. The van der Waals surface area contributed by atoms with Crippen LogP contribution in [0, 0.1) is 11.6 Å². The molecule has 0 heterocycles. The molecule has 17 heavy (non-hydrogen) atoms. The molecule has 0 amide bonds. The van der Waals surface area contributed by atoms with Crippen LogP contribution in [0.15, 0.2) is 17.0 Å². The highest BCUT2D eigenvalue weighted by molar-refractivity contribution is 7.98. The number of thioether (sulfide) groups is 1. The Hall–Kier alpha value is -0.770. The van der Waals surface area contributed by atoms with Crippen LogP contribution in [-0.2, 0) is 0 Å². The van der Waals surface area contributed by atoms with Gasteiger partial charge in [0.1, 0.15) is 5.82 Å². The third kappa shape index (κ3) is 4.54. The largest absolute Gasteiger partial charge is 0.489 e. The molecule has 0 bridgehead atoms. The molecule has 0 fully saturated rings. The fourth-order valence-corrected chi connectivity index (χ4v) is 2.10. The first kappa shape index (κ1) is 14.3. The van der Waals surface area contributed by atoms with Crippen LogP contribution in [0.5, 0.6) is 5.75 Å². The summed E-state index contributed by atoms with van der Waals surface area (Å²) in [5.41, 5.74) is 0. The number of benzene rings is 1. The lowest BCUT2D eigenvalue weighted by atomic mass is 10.2. The monoisotopic (exact) mass is 260 g/mol. The van der Waals surface area contributed by atoms with Gasteiger partial charge in [-0.1, -0.05) is 26.2 Å². The molecule has 0 aromatic heterocycles. The Morgan fingerprint density at radius 3 is 2.59 bits per heavy atom. The van der Waals surface area contributed by atoms with Crippen LogP contribution in [0.1, 0.15) is 32.6 Å². The van der Waals surface area contributed by atoms with Crippen LogP contribution in [0.2, 0.25) is 0 Å². The maximum absolute atomic E-state index is 13.5. The van der Waals surface area contributed by atoms with Gasteiger partial charge in [-0.2, -0.15) is 0 Å². The molecular weight excluding hydrogens is 242 g/mol. The molecule has 1 aromatic carbocycles. The summed E-state index contributed by atoms with van der Waals surface area (Å²) in [4.78, 5) is 0.512. The molecule has 0 spiro atoms. The zero-order valence-electron chi connectivity index (χ0n) is 10.3. The molecule has 0 aliphatic heterocycles. The van der Waals surface area contributed by atoms with E-state index in [0.29, 0.717) is 11.5 Å². The fourth-order valence-electron chi connectivity index (χ4n) is 1.53. The Bertz CT molecular complexity index is 356. The lowest BCUT2D eigenvalue weighted by Crippen LogP contribution is -2.01. The first-order chi connectivity index (χ1) is 8.19. The maximum Gasteiger partial charge on any atom is 0.169 e. The summed E-state index contributed by atoms with van der Waals surface area (Å²) in [5.74, 6) is -1.01. The van der Waals surface area contributed by atoms with Crippen LogP contribution in [0.25, 0.3) is 0 Å². The van der Waals surface area contributed by atoms with Crippen LogP contribution in [-0.4, -0.2) is 12.9 Å². The molecule has 1 nitrogen and oxygen atoms in total. The molecule has 0 aliphatic carbocycles. The van der Waals surface area contributed by atoms with Gasteiger partial charge in [0.15, 0.2) is 11.6 Å². The van der Waals surface area contributed by atoms with Gasteiger partial charge >= 0.3 is 0 Å². The lowest BCUT2D eigenvalue weighted by Gasteiger charge is -2.11. The van der Waals surface area contributed by atoms with Crippen molar-refractivity contribution in [2.24, 2.45) is 0 Å². The standard InChI is InChI=1S/C13H18F2OS/c1-3-4-5-6-7-16-13-11(15)8-10(14)9-12(13)17-2/h8-9H,3-7H2,1-2H3. The summed E-state index contributed by atoms with van der Waals surface area (Å²) in [5, 5.41) is 0. The van der Waals surface area contributed by atoms with Crippen LogP contribution in [0.4, 0.5) is 8.78 Å². The molecule has 1 aromatic rings. The summed E-state index contributed by atoms with van der Waals surface area (Å²) in [6.45, 7) is 2.61. The molecule has 0 radical (unpaired) electrons. The third-order valence-corrected chi connectivity index (χ3v) is 3.18. The minimum Gasteiger partial charge on any atom is -0.489 e. The first-order valence-electron chi connectivity index (χ1n) is 5.84. The minimum absolute atomic E-state index is 0.176. The van der Waals surface area contributed by atoms with Gasteiger partial charge in [-0.05, 0) is 18.7 Å². The lowest BCUT2D eigenvalue weighted by molar-refractivity contribution is 0.282. The molecule has 4 heteroatoms. The number of rotatable bonds is 7. The fraction of sp³-hybridized carbons (Fsp3) is 0.538. The molecule has 0 atom stereocenters. The van der Waals surface area contributed by atoms with Crippen molar-refractivity contribution in [3.05, 3.63) is 23.8 Å². The minimum atomic E-state index is -0.621. The average Bonchev–Trinajstić information content (AvgIpc) is 2.30. The second-order valence-corrected chi connectivity index (χ2v) is 4.68. The second-order valence-electron chi connectivity index (χ2n) is 3.83. The van der Waals surface area contributed by atoms with E-state index in [2.05, 4.69) is 6.92 Å². The van der Waals surface area contributed by atoms with Gasteiger partial charge in [0.25, 0.3) is 0 Å². The van der Waals surface area contributed by atoms with Crippen LogP contribution < -0.4 is 4.74 Å². The molecule has 0 N–H and O–H groups in total. The Balaban J connectivity index is 2.57. The highest BCUT2D eigenvalue weighted by atomic mass is 32.2. The van der Waals surface area contributed by atoms with E-state index in [1.54, 1.807) is 6.26 Å². The van der Waals surface area contributed by atoms with E-state index in [1.807, 2.05) is 0 Å². The van der Waals surface area contributed by atoms with E-state index >= 15 is 0 Å². The smallest absolute Gasteiger partial charge is 0.169 e. The molecular formula is C13H18F2OS. The van der Waals surface area contributed by atoms with Gasteiger partial charge in [-0.25, -0.2) is 8.78 Å². The predicted molar refractivity (Wildman–Crippen MR) is 67.8 cm³/mol. The van der Waals surface area contributed by atoms with Crippen molar-refractivity contribution in [1.29, 1.82) is 0 Å². The Morgan fingerprint density at radius 2 is 1.94 bits per heavy atom. The van der Waals surface area contributed by atoms with Gasteiger partial charge in [0, 0.05) is 6.07 Å². The quantitative estimate of drug-likeness (QED) is 0.521. The maximum atomic E-state index is 13.5. The van der Waals surface area contributed by atoms with Crippen molar-refractivity contribution < 1.29 is 13.5 Å². The third-order valence-electron chi connectivity index (χ3n) is 2.44. The van der Waals surface area contributed by atoms with E-state index in [0.717, 1.165) is 31.7 Å². The summed E-state index contributed by atoms with van der Waals surface area (Å²) in [6.07, 6.45) is 6.07. The van der Waals surface area contributed by atoms with Crippen LogP contribution in [0.3, 0.4) is 0 Å². The molecule has 96 valence electrons. The van der Waals surface area contributed by atoms with E-state index in [4.69, 9.17) is 4.74 Å². The zero-order valence-corrected chi connectivity index (χ0v) is 11.1. The predicted octanol–water partition coefficient (Wildman–Crippen LogP) is 4.65. The van der Waals surface area contributed by atoms with Crippen LogP contribution >= 0.6 is 11.8 Å². The van der Waals surface area contributed by atoms with Crippen molar-refractivity contribution in [2.45, 2.75) is 37.5 Å². The molecule has 0 aliphatic rings. The molecule has 1 rings (SSSR count). The van der Waals surface area contributed by atoms with Gasteiger partial charge in [0.05, 0.1) is 11.5 Å². The van der Waals surface area contributed by atoms with E-state index < -0.39 is 11.6 Å². The topological polar surface area (TPSA) is 9.23 Å². The second kappa shape index (κ2) is 7.54. The Morgan fingerprint density at radius 1 is 1.18 bits per heavy atom. The number of halogens is 2. The SMILES string of the molecule is CCCCCCOc1c(F)cc(F)cc1SC.